The summed E-state index contributed by atoms with van der Waals surface area (Å²) in [5.74, 6) is -0.356. The number of hydrogen-bond acceptors (Lipinski definition) is 4. The largest absolute Gasteiger partial charge is 0.488 e. The molecule has 3 rings (SSSR count). The van der Waals surface area contributed by atoms with Crippen LogP contribution in [0.2, 0.25) is 0 Å². The summed E-state index contributed by atoms with van der Waals surface area (Å²) in [5, 5.41) is 0. The molecule has 0 bridgehead atoms. The van der Waals surface area contributed by atoms with E-state index in [0.717, 1.165) is 11.1 Å². The van der Waals surface area contributed by atoms with E-state index in [0.29, 0.717) is 31.1 Å². The fraction of sp³-hybridized carbons (Fsp3) is 0.409. The highest BCUT2D eigenvalue weighted by Gasteiger charge is 2.39. The van der Waals surface area contributed by atoms with Gasteiger partial charge < -0.3 is 14.2 Å². The highest BCUT2D eigenvalue weighted by atomic mass is 16.7. The standard InChI is InChI=1S/C22H26O4/c1-21(2,3)20(23)19-17(22(4)25-13-14-26-22)11-8-12-18(19)24-15-16-9-6-5-7-10-16/h5-12H,13-15H2,1-4H3. The van der Waals surface area contributed by atoms with Gasteiger partial charge in [0.2, 0.25) is 0 Å². The van der Waals surface area contributed by atoms with Crippen molar-refractivity contribution in [3.05, 3.63) is 65.2 Å². The van der Waals surface area contributed by atoms with E-state index in [1.54, 1.807) is 0 Å². The number of carbonyl (C=O) groups excluding carboxylic acids is 1. The molecule has 0 N–H and O–H groups in total. The molecular weight excluding hydrogens is 328 g/mol. The van der Waals surface area contributed by atoms with Crippen LogP contribution in [0.3, 0.4) is 0 Å². The molecule has 1 aliphatic rings. The Balaban J connectivity index is 2.01. The van der Waals surface area contributed by atoms with Crippen LogP contribution in [0, 0.1) is 5.41 Å². The van der Waals surface area contributed by atoms with Gasteiger partial charge in [-0.05, 0) is 18.6 Å². The number of hydrogen-bond donors (Lipinski definition) is 0. The van der Waals surface area contributed by atoms with Crippen molar-refractivity contribution in [3.63, 3.8) is 0 Å². The normalized spacial score (nSPS) is 16.5. The van der Waals surface area contributed by atoms with Gasteiger partial charge in [0.15, 0.2) is 11.6 Å². The Morgan fingerprint density at radius 1 is 1.04 bits per heavy atom. The lowest BCUT2D eigenvalue weighted by Crippen LogP contribution is -2.29. The molecule has 0 spiro atoms. The van der Waals surface area contributed by atoms with Crippen molar-refractivity contribution in [3.8, 4) is 5.75 Å². The molecule has 0 unspecified atom stereocenters. The zero-order chi connectivity index (χ0) is 18.8. The van der Waals surface area contributed by atoms with Gasteiger partial charge in [-0.1, -0.05) is 63.2 Å². The molecule has 1 fully saturated rings. The van der Waals surface area contributed by atoms with Crippen molar-refractivity contribution in [2.45, 2.75) is 40.1 Å². The van der Waals surface area contributed by atoms with E-state index >= 15 is 0 Å². The third kappa shape index (κ3) is 3.81. The van der Waals surface area contributed by atoms with E-state index < -0.39 is 11.2 Å². The van der Waals surface area contributed by atoms with Crippen molar-refractivity contribution in [1.29, 1.82) is 0 Å². The Morgan fingerprint density at radius 3 is 2.31 bits per heavy atom. The fourth-order valence-electron chi connectivity index (χ4n) is 3.04. The lowest BCUT2D eigenvalue weighted by molar-refractivity contribution is -0.150. The Bertz CT molecular complexity index is 768. The average molecular weight is 354 g/mol. The van der Waals surface area contributed by atoms with Crippen LogP contribution in [-0.2, 0) is 21.9 Å². The minimum Gasteiger partial charge on any atom is -0.488 e. The zero-order valence-electron chi connectivity index (χ0n) is 15.9. The molecule has 1 aliphatic heterocycles. The number of carbonyl (C=O) groups is 1. The Morgan fingerprint density at radius 2 is 1.69 bits per heavy atom. The molecule has 2 aromatic carbocycles. The summed E-state index contributed by atoms with van der Waals surface area (Å²) in [6.07, 6.45) is 0. The first-order valence-corrected chi connectivity index (χ1v) is 8.94. The molecule has 0 radical (unpaired) electrons. The van der Waals surface area contributed by atoms with Crippen LogP contribution >= 0.6 is 0 Å². The molecular formula is C22H26O4. The van der Waals surface area contributed by atoms with E-state index in [9.17, 15) is 4.79 Å². The summed E-state index contributed by atoms with van der Waals surface area (Å²) in [4.78, 5) is 13.2. The van der Waals surface area contributed by atoms with Crippen molar-refractivity contribution in [2.24, 2.45) is 5.41 Å². The van der Waals surface area contributed by atoms with Gasteiger partial charge in [0, 0.05) is 11.0 Å². The molecule has 0 aliphatic carbocycles. The second kappa shape index (κ2) is 7.22. The van der Waals surface area contributed by atoms with Crippen LogP contribution in [-0.4, -0.2) is 19.0 Å². The van der Waals surface area contributed by atoms with Crippen LogP contribution in [0.15, 0.2) is 48.5 Å². The Hall–Kier alpha value is -2.17. The minimum absolute atomic E-state index is 0.0106. The SMILES string of the molecule is CC(C)(C)C(=O)c1c(OCc2ccccc2)cccc1C1(C)OCCO1. The van der Waals surface area contributed by atoms with Crippen LogP contribution in [0.25, 0.3) is 0 Å². The molecule has 1 heterocycles. The number of benzene rings is 2. The van der Waals surface area contributed by atoms with Crippen LogP contribution < -0.4 is 4.74 Å². The van der Waals surface area contributed by atoms with Gasteiger partial charge in [-0.2, -0.15) is 0 Å². The second-order valence-electron chi connectivity index (χ2n) is 7.67. The highest BCUT2D eigenvalue weighted by Crippen LogP contribution is 2.39. The van der Waals surface area contributed by atoms with Gasteiger partial charge in [0.05, 0.1) is 18.8 Å². The van der Waals surface area contributed by atoms with E-state index in [1.807, 2.05) is 76.2 Å². The maximum atomic E-state index is 13.2. The van der Waals surface area contributed by atoms with Crippen LogP contribution in [0.4, 0.5) is 0 Å². The van der Waals surface area contributed by atoms with Crippen molar-refractivity contribution < 1.29 is 19.0 Å². The number of rotatable bonds is 5. The molecule has 4 nitrogen and oxygen atoms in total. The summed E-state index contributed by atoms with van der Waals surface area (Å²) in [7, 11) is 0. The Kier molecular flexibility index (Phi) is 5.17. The zero-order valence-corrected chi connectivity index (χ0v) is 15.9. The molecule has 0 atom stereocenters. The van der Waals surface area contributed by atoms with Gasteiger partial charge in [-0.15, -0.1) is 0 Å². The van der Waals surface area contributed by atoms with Crippen molar-refractivity contribution >= 4 is 5.78 Å². The summed E-state index contributed by atoms with van der Waals surface area (Å²) in [5.41, 5.74) is 1.77. The van der Waals surface area contributed by atoms with E-state index in [-0.39, 0.29) is 5.78 Å². The monoisotopic (exact) mass is 354 g/mol. The molecule has 4 heteroatoms. The minimum atomic E-state index is -0.928. The first-order chi connectivity index (χ1) is 12.3. The average Bonchev–Trinajstić information content (AvgIpc) is 3.07. The molecule has 1 saturated heterocycles. The first-order valence-electron chi connectivity index (χ1n) is 8.94. The maximum absolute atomic E-state index is 13.2. The third-order valence-electron chi connectivity index (χ3n) is 4.50. The predicted molar refractivity (Wildman–Crippen MR) is 100 cm³/mol. The van der Waals surface area contributed by atoms with Crippen LogP contribution in [0.1, 0.15) is 49.2 Å². The molecule has 138 valence electrons. The lowest BCUT2D eigenvalue weighted by atomic mass is 9.82. The van der Waals surface area contributed by atoms with Crippen molar-refractivity contribution in [2.75, 3.05) is 13.2 Å². The van der Waals surface area contributed by atoms with Gasteiger partial charge in [0.25, 0.3) is 0 Å². The van der Waals surface area contributed by atoms with Gasteiger partial charge in [-0.3, -0.25) is 4.79 Å². The highest BCUT2D eigenvalue weighted by molar-refractivity contribution is 6.03. The van der Waals surface area contributed by atoms with Gasteiger partial charge >= 0.3 is 0 Å². The fourth-order valence-corrected chi connectivity index (χ4v) is 3.04. The summed E-state index contributed by atoms with van der Waals surface area (Å²) < 4.78 is 17.7. The number of ketones is 1. The van der Waals surface area contributed by atoms with E-state index in [4.69, 9.17) is 14.2 Å². The summed E-state index contributed by atoms with van der Waals surface area (Å²) >= 11 is 0. The molecule has 0 saturated carbocycles. The molecule has 0 amide bonds. The third-order valence-corrected chi connectivity index (χ3v) is 4.50. The summed E-state index contributed by atoms with van der Waals surface area (Å²) in [6.45, 7) is 9.00. The quantitative estimate of drug-likeness (QED) is 0.729. The van der Waals surface area contributed by atoms with Gasteiger partial charge in [0.1, 0.15) is 12.4 Å². The molecule has 0 aromatic heterocycles. The molecule has 2 aromatic rings. The lowest BCUT2D eigenvalue weighted by Gasteiger charge is -2.28. The topological polar surface area (TPSA) is 44.8 Å². The van der Waals surface area contributed by atoms with Gasteiger partial charge in [-0.25, -0.2) is 0 Å². The smallest absolute Gasteiger partial charge is 0.192 e. The van der Waals surface area contributed by atoms with Crippen molar-refractivity contribution in [1.82, 2.24) is 0 Å². The maximum Gasteiger partial charge on any atom is 0.192 e. The first kappa shape index (κ1) is 18.6. The Labute approximate surface area is 155 Å². The number of Topliss-reactive ketones (excluding diaryl/α,β-unsaturated/α-hetero) is 1. The van der Waals surface area contributed by atoms with Crippen LogP contribution in [0.5, 0.6) is 5.75 Å². The van der Waals surface area contributed by atoms with E-state index in [2.05, 4.69) is 0 Å². The summed E-state index contributed by atoms with van der Waals surface area (Å²) in [6, 6.07) is 15.5. The predicted octanol–water partition coefficient (Wildman–Crippen LogP) is 4.71. The molecule has 26 heavy (non-hydrogen) atoms. The van der Waals surface area contributed by atoms with E-state index in [1.165, 1.54) is 0 Å². The second-order valence-corrected chi connectivity index (χ2v) is 7.67. The number of ether oxygens (including phenoxy) is 3.